The van der Waals surface area contributed by atoms with Crippen LogP contribution in [0.4, 0.5) is 0 Å². The molecule has 0 radical (unpaired) electrons. The number of likely N-dealkylation sites (tertiary alicyclic amines) is 1. The van der Waals surface area contributed by atoms with Crippen LogP contribution in [-0.2, 0) is 14.3 Å². The van der Waals surface area contributed by atoms with Crippen molar-refractivity contribution in [3.8, 4) is 0 Å². The van der Waals surface area contributed by atoms with E-state index in [1.165, 1.54) is 0 Å². The normalized spacial score (nSPS) is 16.6. The molecular formula is C16H30N2O3. The number of hydrogen-bond donors (Lipinski definition) is 1. The van der Waals surface area contributed by atoms with Crippen molar-refractivity contribution in [1.29, 1.82) is 0 Å². The molecule has 0 unspecified atom stereocenters. The smallest absolute Gasteiger partial charge is 0.223 e. The minimum absolute atomic E-state index is 0.0344. The van der Waals surface area contributed by atoms with E-state index in [-0.39, 0.29) is 23.8 Å². The Balaban J connectivity index is 2.22. The Morgan fingerprint density at radius 1 is 1.19 bits per heavy atom. The number of nitrogens with one attached hydrogen (secondary N) is 1. The maximum atomic E-state index is 12.0. The Hall–Kier alpha value is -1.10. The molecule has 1 aliphatic heterocycles. The topological polar surface area (TPSA) is 58.6 Å². The van der Waals surface area contributed by atoms with Gasteiger partial charge in [0.05, 0.1) is 12.7 Å². The van der Waals surface area contributed by atoms with Crippen LogP contribution < -0.4 is 5.32 Å². The van der Waals surface area contributed by atoms with Gasteiger partial charge in [0.2, 0.25) is 11.8 Å². The van der Waals surface area contributed by atoms with Crippen molar-refractivity contribution >= 4 is 11.8 Å². The summed E-state index contributed by atoms with van der Waals surface area (Å²) in [7, 11) is 0. The van der Waals surface area contributed by atoms with Gasteiger partial charge in [-0.1, -0.05) is 13.8 Å². The Morgan fingerprint density at radius 3 is 2.33 bits per heavy atom. The average molecular weight is 298 g/mol. The number of nitrogens with zero attached hydrogens (tertiary/aromatic N) is 1. The summed E-state index contributed by atoms with van der Waals surface area (Å²) >= 11 is 0. The molecule has 1 N–H and O–H groups in total. The summed E-state index contributed by atoms with van der Waals surface area (Å²) in [6.07, 6.45) is 2.32. The highest BCUT2D eigenvalue weighted by Crippen LogP contribution is 2.18. The molecule has 1 saturated heterocycles. The van der Waals surface area contributed by atoms with Crippen LogP contribution in [0, 0.1) is 11.8 Å². The van der Waals surface area contributed by atoms with Gasteiger partial charge in [-0.2, -0.15) is 0 Å². The van der Waals surface area contributed by atoms with Crippen LogP contribution >= 0.6 is 0 Å². The lowest BCUT2D eigenvalue weighted by molar-refractivity contribution is -0.136. The fourth-order valence-electron chi connectivity index (χ4n) is 2.48. The largest absolute Gasteiger partial charge is 0.377 e. The molecule has 5 heteroatoms. The van der Waals surface area contributed by atoms with Gasteiger partial charge in [-0.15, -0.1) is 0 Å². The molecule has 0 aromatic carbocycles. The summed E-state index contributed by atoms with van der Waals surface area (Å²) < 4.78 is 5.40. The van der Waals surface area contributed by atoms with Crippen LogP contribution in [-0.4, -0.2) is 49.1 Å². The molecule has 5 nitrogen and oxygen atoms in total. The van der Waals surface area contributed by atoms with Crippen LogP contribution in [0.1, 0.15) is 47.0 Å². The Labute approximate surface area is 128 Å². The highest BCUT2D eigenvalue weighted by Gasteiger charge is 2.27. The number of ether oxygens (including phenoxy) is 1. The van der Waals surface area contributed by atoms with Gasteiger partial charge in [0, 0.05) is 32.0 Å². The lowest BCUT2D eigenvalue weighted by Crippen LogP contribution is -2.43. The molecule has 2 amide bonds. The monoisotopic (exact) mass is 298 g/mol. The number of carbonyl (C=O) groups is 2. The zero-order valence-corrected chi connectivity index (χ0v) is 13.9. The van der Waals surface area contributed by atoms with Crippen LogP contribution in [0.25, 0.3) is 0 Å². The van der Waals surface area contributed by atoms with E-state index in [1.54, 1.807) is 0 Å². The fourth-order valence-corrected chi connectivity index (χ4v) is 2.48. The quantitative estimate of drug-likeness (QED) is 0.729. The van der Waals surface area contributed by atoms with Gasteiger partial charge in [0.25, 0.3) is 0 Å². The van der Waals surface area contributed by atoms with E-state index in [0.717, 1.165) is 12.8 Å². The summed E-state index contributed by atoms with van der Waals surface area (Å²) in [5, 5.41) is 2.92. The molecule has 0 saturated carbocycles. The highest BCUT2D eigenvalue weighted by atomic mass is 16.5. The first-order chi connectivity index (χ1) is 9.90. The SMILES string of the molecule is CC(C)CC(=O)N1CCC(C(=O)NCCOC(C)C)CC1. The third kappa shape index (κ3) is 6.93. The molecule has 21 heavy (non-hydrogen) atoms. The molecule has 0 atom stereocenters. The number of piperidine rings is 1. The van der Waals surface area contributed by atoms with Crippen LogP contribution in [0.3, 0.4) is 0 Å². The predicted molar refractivity (Wildman–Crippen MR) is 82.9 cm³/mol. The molecule has 0 aromatic heterocycles. The van der Waals surface area contributed by atoms with Crippen molar-refractivity contribution in [2.45, 2.75) is 53.1 Å². The van der Waals surface area contributed by atoms with Crippen molar-refractivity contribution in [2.75, 3.05) is 26.2 Å². The predicted octanol–water partition coefficient (Wildman–Crippen LogP) is 1.81. The zero-order chi connectivity index (χ0) is 15.8. The third-order valence-corrected chi connectivity index (χ3v) is 3.65. The van der Waals surface area contributed by atoms with Crippen LogP contribution in [0.5, 0.6) is 0 Å². The highest BCUT2D eigenvalue weighted by molar-refractivity contribution is 5.80. The van der Waals surface area contributed by atoms with E-state index in [9.17, 15) is 9.59 Å². The second-order valence-corrected chi connectivity index (χ2v) is 6.46. The molecule has 1 rings (SSSR count). The molecule has 1 aliphatic rings. The first-order valence-electron chi connectivity index (χ1n) is 8.07. The van der Waals surface area contributed by atoms with Crippen LogP contribution in [0.2, 0.25) is 0 Å². The van der Waals surface area contributed by atoms with Gasteiger partial charge >= 0.3 is 0 Å². The third-order valence-electron chi connectivity index (χ3n) is 3.65. The molecule has 1 heterocycles. The van der Waals surface area contributed by atoms with Crippen molar-refractivity contribution in [1.82, 2.24) is 10.2 Å². The minimum atomic E-state index is 0.0344. The molecule has 122 valence electrons. The number of rotatable bonds is 7. The number of hydrogen-bond acceptors (Lipinski definition) is 3. The van der Waals surface area contributed by atoms with Crippen LogP contribution in [0.15, 0.2) is 0 Å². The fraction of sp³-hybridized carbons (Fsp3) is 0.875. The molecule has 1 fully saturated rings. The Morgan fingerprint density at radius 2 is 1.81 bits per heavy atom. The van der Waals surface area contributed by atoms with Gasteiger partial charge in [-0.05, 0) is 32.6 Å². The molecule has 0 aromatic rings. The second kappa shape index (κ2) is 9.03. The summed E-state index contributed by atoms with van der Waals surface area (Å²) in [4.78, 5) is 25.9. The van der Waals surface area contributed by atoms with E-state index in [4.69, 9.17) is 4.74 Å². The zero-order valence-electron chi connectivity index (χ0n) is 13.9. The lowest BCUT2D eigenvalue weighted by atomic mass is 9.95. The summed E-state index contributed by atoms with van der Waals surface area (Å²) in [5.41, 5.74) is 0. The second-order valence-electron chi connectivity index (χ2n) is 6.46. The van der Waals surface area contributed by atoms with E-state index in [1.807, 2.05) is 18.7 Å². The lowest BCUT2D eigenvalue weighted by Gasteiger charge is -2.31. The number of carbonyl (C=O) groups excluding carboxylic acids is 2. The van der Waals surface area contributed by atoms with Crippen molar-refractivity contribution < 1.29 is 14.3 Å². The van der Waals surface area contributed by atoms with Crippen molar-refractivity contribution in [2.24, 2.45) is 11.8 Å². The van der Waals surface area contributed by atoms with Gasteiger partial charge in [-0.3, -0.25) is 9.59 Å². The van der Waals surface area contributed by atoms with E-state index >= 15 is 0 Å². The van der Waals surface area contributed by atoms with E-state index in [0.29, 0.717) is 38.6 Å². The maximum absolute atomic E-state index is 12.0. The standard InChI is InChI=1S/C16H30N2O3/c1-12(2)11-15(19)18-8-5-14(6-9-18)16(20)17-7-10-21-13(3)4/h12-14H,5-11H2,1-4H3,(H,17,20). The van der Waals surface area contributed by atoms with Crippen molar-refractivity contribution in [3.05, 3.63) is 0 Å². The van der Waals surface area contributed by atoms with Gasteiger partial charge in [0.1, 0.15) is 0 Å². The Bertz CT molecular complexity index is 334. The van der Waals surface area contributed by atoms with Gasteiger partial charge in [-0.25, -0.2) is 0 Å². The first-order valence-corrected chi connectivity index (χ1v) is 8.07. The summed E-state index contributed by atoms with van der Waals surface area (Å²) in [6.45, 7) is 10.6. The molecule has 0 aliphatic carbocycles. The van der Waals surface area contributed by atoms with E-state index < -0.39 is 0 Å². The molecule has 0 spiro atoms. The average Bonchev–Trinajstić information content (AvgIpc) is 2.42. The maximum Gasteiger partial charge on any atom is 0.223 e. The molecular weight excluding hydrogens is 268 g/mol. The van der Waals surface area contributed by atoms with Gasteiger partial charge in [0.15, 0.2) is 0 Å². The Kier molecular flexibility index (Phi) is 7.72. The number of amides is 2. The first kappa shape index (κ1) is 18.0. The summed E-state index contributed by atoms with van der Waals surface area (Å²) in [5.74, 6) is 0.735. The molecule has 0 bridgehead atoms. The van der Waals surface area contributed by atoms with Gasteiger partial charge < -0.3 is 15.0 Å². The summed E-state index contributed by atoms with van der Waals surface area (Å²) in [6, 6.07) is 0. The minimum Gasteiger partial charge on any atom is -0.377 e. The van der Waals surface area contributed by atoms with E-state index in [2.05, 4.69) is 19.2 Å². The van der Waals surface area contributed by atoms with Crippen molar-refractivity contribution in [3.63, 3.8) is 0 Å².